The Hall–Kier alpha value is -0.780. The molecule has 0 heterocycles. The molecule has 0 aromatic rings. The lowest BCUT2D eigenvalue weighted by Gasteiger charge is -2.30. The predicted molar refractivity (Wildman–Crippen MR) is 80.1 cm³/mol. The van der Waals surface area contributed by atoms with Gasteiger partial charge in [0.15, 0.2) is 0 Å². The molecule has 0 radical (unpaired) electrons. The van der Waals surface area contributed by atoms with Crippen molar-refractivity contribution in [1.82, 2.24) is 0 Å². The quantitative estimate of drug-likeness (QED) is 0.511. The third-order valence-electron chi connectivity index (χ3n) is 2.93. The highest BCUT2D eigenvalue weighted by molar-refractivity contribution is 5.25. The van der Waals surface area contributed by atoms with Gasteiger partial charge in [-0.2, -0.15) is 0 Å². The molecule has 0 nitrogen and oxygen atoms in total. The average Bonchev–Trinajstić information content (AvgIpc) is 2.19. The van der Waals surface area contributed by atoms with Crippen LogP contribution < -0.4 is 0 Å². The van der Waals surface area contributed by atoms with Crippen molar-refractivity contribution in [2.24, 2.45) is 17.3 Å². The summed E-state index contributed by atoms with van der Waals surface area (Å²) in [5.74, 6) is 1.33. The van der Waals surface area contributed by atoms with E-state index in [2.05, 4.69) is 66.3 Å². The van der Waals surface area contributed by atoms with Gasteiger partial charge in [0.1, 0.15) is 0 Å². The standard InChI is InChI=1S/C17H30/c1-8-10-12-15(11-9-2)16(14(3)4)13-17(5,6)7/h8,10-12,14,16H,1,9,13H2,2-7H3/b12-10-,15-11+. The summed E-state index contributed by atoms with van der Waals surface area (Å²) in [5, 5.41) is 0. The second kappa shape index (κ2) is 7.53. The molecule has 0 bridgehead atoms. The highest BCUT2D eigenvalue weighted by Gasteiger charge is 2.23. The Balaban J connectivity index is 5.04. The minimum Gasteiger partial charge on any atom is -0.0991 e. The molecule has 0 amide bonds. The largest absolute Gasteiger partial charge is 0.0991 e. The van der Waals surface area contributed by atoms with Crippen LogP contribution in [0, 0.1) is 17.3 Å². The summed E-state index contributed by atoms with van der Waals surface area (Å²) in [6.07, 6.45) is 10.8. The van der Waals surface area contributed by atoms with Crippen LogP contribution >= 0.6 is 0 Å². The second-order valence-electron chi connectivity index (χ2n) is 6.32. The zero-order valence-corrected chi connectivity index (χ0v) is 12.6. The van der Waals surface area contributed by atoms with Crippen molar-refractivity contribution in [3.05, 3.63) is 36.5 Å². The molecule has 0 aromatic heterocycles. The molecule has 0 N–H and O–H groups in total. The number of rotatable bonds is 6. The van der Waals surface area contributed by atoms with Crippen LogP contribution in [0.3, 0.4) is 0 Å². The van der Waals surface area contributed by atoms with Crippen LogP contribution in [-0.4, -0.2) is 0 Å². The van der Waals surface area contributed by atoms with Crippen LogP contribution in [-0.2, 0) is 0 Å². The molecule has 98 valence electrons. The van der Waals surface area contributed by atoms with E-state index < -0.39 is 0 Å². The van der Waals surface area contributed by atoms with Gasteiger partial charge in [0, 0.05) is 0 Å². The summed E-state index contributed by atoms with van der Waals surface area (Å²) in [6.45, 7) is 17.6. The normalized spacial score (nSPS) is 15.6. The van der Waals surface area contributed by atoms with E-state index in [1.165, 1.54) is 12.0 Å². The minimum atomic E-state index is 0.379. The van der Waals surface area contributed by atoms with E-state index in [1.54, 1.807) is 0 Å². The minimum absolute atomic E-state index is 0.379. The molecule has 0 rings (SSSR count). The van der Waals surface area contributed by atoms with Crippen LogP contribution in [0.15, 0.2) is 36.5 Å². The summed E-state index contributed by atoms with van der Waals surface area (Å²) < 4.78 is 0. The molecule has 0 heteroatoms. The Morgan fingerprint density at radius 3 is 2.18 bits per heavy atom. The number of hydrogen-bond donors (Lipinski definition) is 0. The Kier molecular flexibility index (Phi) is 7.18. The average molecular weight is 234 g/mol. The monoisotopic (exact) mass is 234 g/mol. The lowest BCUT2D eigenvalue weighted by molar-refractivity contribution is 0.275. The fraction of sp³-hybridized carbons (Fsp3) is 0.647. The molecular formula is C17H30. The molecule has 1 unspecified atom stereocenters. The van der Waals surface area contributed by atoms with Gasteiger partial charge in [-0.15, -0.1) is 0 Å². The first kappa shape index (κ1) is 16.2. The van der Waals surface area contributed by atoms with E-state index >= 15 is 0 Å². The zero-order valence-electron chi connectivity index (χ0n) is 12.6. The first-order valence-corrected chi connectivity index (χ1v) is 6.81. The lowest BCUT2D eigenvalue weighted by Crippen LogP contribution is -2.19. The summed E-state index contributed by atoms with van der Waals surface area (Å²) in [7, 11) is 0. The molecule has 1 atom stereocenters. The molecule has 0 aromatic carbocycles. The van der Waals surface area contributed by atoms with Crippen LogP contribution in [0.4, 0.5) is 0 Å². The Morgan fingerprint density at radius 2 is 1.82 bits per heavy atom. The van der Waals surface area contributed by atoms with Crippen molar-refractivity contribution in [2.75, 3.05) is 0 Å². The van der Waals surface area contributed by atoms with Crippen LogP contribution in [0.5, 0.6) is 0 Å². The molecule has 0 fully saturated rings. The number of hydrogen-bond acceptors (Lipinski definition) is 0. The van der Waals surface area contributed by atoms with Gasteiger partial charge in [-0.1, -0.05) is 72.4 Å². The van der Waals surface area contributed by atoms with Crippen molar-refractivity contribution in [3.8, 4) is 0 Å². The topological polar surface area (TPSA) is 0 Å². The molecule has 0 aliphatic heterocycles. The maximum Gasteiger partial charge on any atom is -0.0137 e. The van der Waals surface area contributed by atoms with E-state index in [4.69, 9.17) is 0 Å². The molecule has 0 saturated heterocycles. The van der Waals surface area contributed by atoms with Gasteiger partial charge in [-0.25, -0.2) is 0 Å². The first-order valence-electron chi connectivity index (χ1n) is 6.81. The summed E-state index contributed by atoms with van der Waals surface area (Å²) >= 11 is 0. The fourth-order valence-corrected chi connectivity index (χ4v) is 2.16. The Bertz CT molecular complexity index is 271. The predicted octanol–water partition coefficient (Wildman–Crippen LogP) is 5.77. The first-order chi connectivity index (χ1) is 7.81. The summed E-state index contributed by atoms with van der Waals surface area (Å²) in [5.41, 5.74) is 1.85. The fourth-order valence-electron chi connectivity index (χ4n) is 2.16. The number of allylic oxidation sites excluding steroid dienone is 5. The van der Waals surface area contributed by atoms with E-state index in [9.17, 15) is 0 Å². The van der Waals surface area contributed by atoms with Gasteiger partial charge in [-0.05, 0) is 35.7 Å². The molecule has 0 aliphatic carbocycles. The van der Waals surface area contributed by atoms with Gasteiger partial charge in [-0.3, -0.25) is 0 Å². The highest BCUT2D eigenvalue weighted by Crippen LogP contribution is 2.34. The van der Waals surface area contributed by atoms with Gasteiger partial charge in [0.05, 0.1) is 0 Å². The van der Waals surface area contributed by atoms with Crippen LogP contribution in [0.2, 0.25) is 0 Å². The van der Waals surface area contributed by atoms with Crippen LogP contribution in [0.25, 0.3) is 0 Å². The summed E-state index contributed by atoms with van der Waals surface area (Å²) in [6, 6.07) is 0. The van der Waals surface area contributed by atoms with Gasteiger partial charge in [0.2, 0.25) is 0 Å². The smallest absolute Gasteiger partial charge is 0.0137 e. The third kappa shape index (κ3) is 7.20. The van der Waals surface area contributed by atoms with Gasteiger partial charge < -0.3 is 0 Å². The SMILES string of the molecule is C=C/C=C\C(=C/CC)C(CC(C)(C)C)C(C)C. The van der Waals surface area contributed by atoms with E-state index in [0.29, 0.717) is 17.3 Å². The molecule has 0 saturated carbocycles. The van der Waals surface area contributed by atoms with Crippen molar-refractivity contribution >= 4 is 0 Å². The van der Waals surface area contributed by atoms with E-state index in [1.807, 2.05) is 6.08 Å². The van der Waals surface area contributed by atoms with Gasteiger partial charge in [0.25, 0.3) is 0 Å². The van der Waals surface area contributed by atoms with Crippen LogP contribution in [0.1, 0.15) is 54.4 Å². The van der Waals surface area contributed by atoms with E-state index in [0.717, 1.165) is 6.42 Å². The van der Waals surface area contributed by atoms with Crippen molar-refractivity contribution in [2.45, 2.75) is 54.4 Å². The maximum absolute atomic E-state index is 3.76. The van der Waals surface area contributed by atoms with E-state index in [-0.39, 0.29) is 0 Å². The molecule has 0 aliphatic rings. The molecular weight excluding hydrogens is 204 g/mol. The summed E-state index contributed by atoms with van der Waals surface area (Å²) in [4.78, 5) is 0. The second-order valence-corrected chi connectivity index (χ2v) is 6.32. The Morgan fingerprint density at radius 1 is 1.24 bits per heavy atom. The third-order valence-corrected chi connectivity index (χ3v) is 2.93. The maximum atomic E-state index is 3.76. The van der Waals surface area contributed by atoms with Crippen molar-refractivity contribution < 1.29 is 0 Å². The molecule has 0 spiro atoms. The molecule has 17 heavy (non-hydrogen) atoms. The Labute approximate surface area is 109 Å². The lowest BCUT2D eigenvalue weighted by atomic mass is 9.75. The highest BCUT2D eigenvalue weighted by atomic mass is 14.3. The zero-order chi connectivity index (χ0) is 13.5. The van der Waals surface area contributed by atoms with Crippen molar-refractivity contribution in [1.29, 1.82) is 0 Å². The van der Waals surface area contributed by atoms with Gasteiger partial charge >= 0.3 is 0 Å². The van der Waals surface area contributed by atoms with Crippen molar-refractivity contribution in [3.63, 3.8) is 0 Å².